The van der Waals surface area contributed by atoms with Gasteiger partial charge >= 0.3 is 0 Å². The van der Waals surface area contributed by atoms with E-state index in [1.165, 1.54) is 6.42 Å². The summed E-state index contributed by atoms with van der Waals surface area (Å²) in [6, 6.07) is 0.392. The van der Waals surface area contributed by atoms with Gasteiger partial charge in [0.05, 0.1) is 11.9 Å². The summed E-state index contributed by atoms with van der Waals surface area (Å²) in [5, 5.41) is 7.80. The number of nitrogens with zero attached hydrogens (tertiary/aromatic N) is 4. The molecule has 18 heavy (non-hydrogen) atoms. The van der Waals surface area contributed by atoms with Crippen molar-refractivity contribution in [1.82, 2.24) is 19.9 Å². The zero-order valence-electron chi connectivity index (χ0n) is 10.9. The number of carbonyl (C=O) groups is 1. The number of aromatic nitrogens is 3. The lowest BCUT2D eigenvalue weighted by atomic mass is 10.00. The van der Waals surface area contributed by atoms with Crippen LogP contribution < -0.4 is 5.73 Å². The molecular formula is C12H21N5O. The van der Waals surface area contributed by atoms with Gasteiger partial charge < -0.3 is 10.6 Å². The van der Waals surface area contributed by atoms with E-state index in [0.29, 0.717) is 18.3 Å². The van der Waals surface area contributed by atoms with Crippen molar-refractivity contribution in [3.05, 3.63) is 11.9 Å². The Morgan fingerprint density at radius 3 is 3.06 bits per heavy atom. The third-order valence-electron chi connectivity index (χ3n) is 3.51. The number of nitrogens with two attached hydrogens (primary N) is 1. The van der Waals surface area contributed by atoms with Crippen molar-refractivity contribution < 1.29 is 4.79 Å². The van der Waals surface area contributed by atoms with Crippen LogP contribution in [0, 0.1) is 0 Å². The van der Waals surface area contributed by atoms with Crippen molar-refractivity contribution >= 4 is 5.91 Å². The summed E-state index contributed by atoms with van der Waals surface area (Å²) in [6.07, 6.45) is 6.21. The zero-order chi connectivity index (χ0) is 13.0. The Balaban J connectivity index is 1.97. The molecule has 100 valence electrons. The van der Waals surface area contributed by atoms with Gasteiger partial charge in [-0.05, 0) is 25.7 Å². The molecule has 0 aliphatic carbocycles. The fourth-order valence-corrected chi connectivity index (χ4v) is 2.49. The fourth-order valence-electron chi connectivity index (χ4n) is 2.49. The molecule has 1 unspecified atom stereocenters. The van der Waals surface area contributed by atoms with E-state index in [1.54, 1.807) is 10.9 Å². The Kier molecular flexibility index (Phi) is 4.30. The molecule has 0 radical (unpaired) electrons. The van der Waals surface area contributed by atoms with E-state index in [-0.39, 0.29) is 12.5 Å². The van der Waals surface area contributed by atoms with E-state index >= 15 is 0 Å². The number of hydrogen-bond acceptors (Lipinski definition) is 4. The van der Waals surface area contributed by atoms with Crippen molar-refractivity contribution in [2.45, 2.75) is 51.7 Å². The molecule has 1 aromatic heterocycles. The zero-order valence-corrected chi connectivity index (χ0v) is 10.9. The average Bonchev–Trinajstić information content (AvgIpc) is 2.86. The van der Waals surface area contributed by atoms with Crippen molar-refractivity contribution in [2.24, 2.45) is 5.73 Å². The topological polar surface area (TPSA) is 77.0 Å². The highest BCUT2D eigenvalue weighted by Gasteiger charge is 2.25. The summed E-state index contributed by atoms with van der Waals surface area (Å²) < 4.78 is 1.58. The van der Waals surface area contributed by atoms with Crippen molar-refractivity contribution in [3.8, 4) is 0 Å². The predicted octanol–water partition coefficient (Wildman–Crippen LogP) is 0.528. The van der Waals surface area contributed by atoms with Gasteiger partial charge in [-0.15, -0.1) is 5.10 Å². The maximum absolute atomic E-state index is 12.2. The molecule has 2 rings (SSSR count). The van der Waals surface area contributed by atoms with Crippen molar-refractivity contribution in [3.63, 3.8) is 0 Å². The van der Waals surface area contributed by atoms with Crippen molar-refractivity contribution in [1.29, 1.82) is 0 Å². The molecule has 2 N–H and O–H groups in total. The third-order valence-corrected chi connectivity index (χ3v) is 3.51. The number of carbonyl (C=O) groups excluding carboxylic acids is 1. The molecule has 2 heterocycles. The van der Waals surface area contributed by atoms with Gasteiger partial charge in [-0.2, -0.15) is 0 Å². The standard InChI is InChI=1S/C12H21N5O/c1-2-11-5-3-4-6-17(11)12(18)9-16-8-10(7-13)14-15-16/h8,11H,2-7,9,13H2,1H3. The molecule has 1 amide bonds. The summed E-state index contributed by atoms with van der Waals surface area (Å²) in [5.41, 5.74) is 6.19. The Morgan fingerprint density at radius 2 is 2.39 bits per heavy atom. The molecule has 6 heteroatoms. The number of piperidine rings is 1. The van der Waals surface area contributed by atoms with E-state index in [1.807, 2.05) is 4.90 Å². The highest BCUT2D eigenvalue weighted by molar-refractivity contribution is 5.76. The quantitative estimate of drug-likeness (QED) is 0.846. The molecule has 0 aromatic carbocycles. The van der Waals surface area contributed by atoms with Gasteiger partial charge in [-0.25, -0.2) is 4.68 Å². The van der Waals surface area contributed by atoms with E-state index in [0.717, 1.165) is 25.8 Å². The van der Waals surface area contributed by atoms with E-state index in [9.17, 15) is 4.79 Å². The minimum absolute atomic E-state index is 0.134. The van der Waals surface area contributed by atoms with Gasteiger partial charge in [-0.1, -0.05) is 12.1 Å². The summed E-state index contributed by atoms with van der Waals surface area (Å²) in [7, 11) is 0. The van der Waals surface area contributed by atoms with Crippen LogP contribution in [-0.4, -0.2) is 38.4 Å². The second kappa shape index (κ2) is 5.95. The first kappa shape index (κ1) is 13.0. The molecule has 0 spiro atoms. The summed E-state index contributed by atoms with van der Waals surface area (Å²) in [4.78, 5) is 14.2. The van der Waals surface area contributed by atoms with Gasteiger partial charge in [0.2, 0.25) is 5.91 Å². The minimum atomic E-state index is 0.134. The predicted molar refractivity (Wildman–Crippen MR) is 67.6 cm³/mol. The first-order chi connectivity index (χ1) is 8.74. The molecule has 1 atom stereocenters. The Morgan fingerprint density at radius 1 is 1.56 bits per heavy atom. The van der Waals surface area contributed by atoms with Gasteiger partial charge in [0.1, 0.15) is 6.54 Å². The molecule has 1 aromatic rings. The lowest BCUT2D eigenvalue weighted by Gasteiger charge is -2.35. The van der Waals surface area contributed by atoms with Gasteiger partial charge in [0, 0.05) is 19.1 Å². The van der Waals surface area contributed by atoms with E-state index in [4.69, 9.17) is 5.73 Å². The molecule has 0 saturated carbocycles. The molecule has 1 aliphatic rings. The lowest BCUT2D eigenvalue weighted by Crippen LogP contribution is -2.44. The number of hydrogen-bond donors (Lipinski definition) is 1. The molecule has 1 aliphatic heterocycles. The van der Waals surface area contributed by atoms with Crippen LogP contribution in [0.2, 0.25) is 0 Å². The summed E-state index contributed by atoms with van der Waals surface area (Å²) in [5.74, 6) is 0.134. The first-order valence-corrected chi connectivity index (χ1v) is 6.63. The number of likely N-dealkylation sites (tertiary alicyclic amines) is 1. The summed E-state index contributed by atoms with van der Waals surface area (Å²) in [6.45, 7) is 3.63. The highest BCUT2D eigenvalue weighted by atomic mass is 16.2. The van der Waals surface area contributed by atoms with Crippen LogP contribution in [0.25, 0.3) is 0 Å². The Bertz CT molecular complexity index is 403. The van der Waals surface area contributed by atoms with Crippen LogP contribution in [0.3, 0.4) is 0 Å². The monoisotopic (exact) mass is 251 g/mol. The van der Waals surface area contributed by atoms with Crippen molar-refractivity contribution in [2.75, 3.05) is 6.54 Å². The van der Waals surface area contributed by atoms with Crippen LogP contribution in [0.1, 0.15) is 38.3 Å². The lowest BCUT2D eigenvalue weighted by molar-refractivity contribution is -0.135. The maximum Gasteiger partial charge on any atom is 0.244 e. The Hall–Kier alpha value is -1.43. The normalized spacial score (nSPS) is 20.1. The van der Waals surface area contributed by atoms with E-state index in [2.05, 4.69) is 17.2 Å². The second-order valence-electron chi connectivity index (χ2n) is 4.76. The first-order valence-electron chi connectivity index (χ1n) is 6.63. The summed E-state index contributed by atoms with van der Waals surface area (Å²) >= 11 is 0. The van der Waals surface area contributed by atoms with Crippen LogP contribution in [0.15, 0.2) is 6.20 Å². The van der Waals surface area contributed by atoms with Crippen LogP contribution >= 0.6 is 0 Å². The van der Waals surface area contributed by atoms with E-state index < -0.39 is 0 Å². The van der Waals surface area contributed by atoms with Gasteiger partial charge in [0.15, 0.2) is 0 Å². The molecule has 1 fully saturated rings. The Labute approximate surface area is 107 Å². The SMILES string of the molecule is CCC1CCCCN1C(=O)Cn1cc(CN)nn1. The van der Waals surface area contributed by atoms with Crippen LogP contribution in [0.4, 0.5) is 0 Å². The highest BCUT2D eigenvalue weighted by Crippen LogP contribution is 2.19. The number of amides is 1. The number of rotatable bonds is 4. The molecule has 0 bridgehead atoms. The maximum atomic E-state index is 12.2. The second-order valence-corrected chi connectivity index (χ2v) is 4.76. The third kappa shape index (κ3) is 2.87. The van der Waals surface area contributed by atoms with Gasteiger partial charge in [-0.3, -0.25) is 4.79 Å². The van der Waals surface area contributed by atoms with Crippen LogP contribution in [0.5, 0.6) is 0 Å². The largest absolute Gasteiger partial charge is 0.338 e. The smallest absolute Gasteiger partial charge is 0.244 e. The molecule has 6 nitrogen and oxygen atoms in total. The minimum Gasteiger partial charge on any atom is -0.338 e. The fraction of sp³-hybridized carbons (Fsp3) is 0.750. The molecular weight excluding hydrogens is 230 g/mol. The van der Waals surface area contributed by atoms with Crippen LogP contribution in [-0.2, 0) is 17.9 Å². The van der Waals surface area contributed by atoms with Gasteiger partial charge in [0.25, 0.3) is 0 Å². The average molecular weight is 251 g/mol. The molecule has 1 saturated heterocycles.